The average Bonchev–Trinajstić information content (AvgIpc) is 3.04. The number of halogens is 1. The monoisotopic (exact) mass is 408 g/mol. The second kappa shape index (κ2) is 7.50. The lowest BCUT2D eigenvalue weighted by Gasteiger charge is -2.18. The van der Waals surface area contributed by atoms with Crippen LogP contribution in [0.1, 0.15) is 15.2 Å². The van der Waals surface area contributed by atoms with E-state index in [1.54, 1.807) is 30.3 Å². The summed E-state index contributed by atoms with van der Waals surface area (Å²) in [5.74, 6) is 0.540. The molecule has 0 saturated heterocycles. The highest BCUT2D eigenvalue weighted by Gasteiger charge is 2.11. The Balaban J connectivity index is 1.54. The summed E-state index contributed by atoms with van der Waals surface area (Å²) in [4.78, 5) is 24.1. The van der Waals surface area contributed by atoms with E-state index < -0.39 is 5.91 Å². The van der Waals surface area contributed by atoms with E-state index in [4.69, 9.17) is 9.47 Å². The van der Waals surface area contributed by atoms with Gasteiger partial charge in [-0.3, -0.25) is 20.4 Å². The van der Waals surface area contributed by atoms with Crippen molar-refractivity contribution in [2.75, 3.05) is 13.2 Å². The first kappa shape index (κ1) is 16.5. The van der Waals surface area contributed by atoms with Crippen LogP contribution in [-0.4, -0.2) is 25.0 Å². The Morgan fingerprint density at radius 2 is 1.88 bits per heavy atom. The molecule has 1 aliphatic rings. The maximum atomic E-state index is 11.8. The van der Waals surface area contributed by atoms with E-state index in [2.05, 4.69) is 26.8 Å². The van der Waals surface area contributed by atoms with Crippen LogP contribution >= 0.6 is 27.3 Å². The number of thiophene rings is 1. The highest BCUT2D eigenvalue weighted by atomic mass is 79.9. The van der Waals surface area contributed by atoms with Gasteiger partial charge in [-0.25, -0.2) is 0 Å². The second-order valence-electron chi connectivity index (χ2n) is 4.78. The molecular weight excluding hydrogens is 396 g/mol. The molecule has 3 rings (SSSR count). The Labute approximate surface area is 150 Å². The fourth-order valence-electron chi connectivity index (χ4n) is 1.99. The Kier molecular flexibility index (Phi) is 5.17. The van der Waals surface area contributed by atoms with Crippen molar-refractivity contribution in [1.29, 1.82) is 0 Å². The van der Waals surface area contributed by atoms with Crippen LogP contribution in [0.25, 0.3) is 6.08 Å². The molecule has 0 saturated carbocycles. The third-order valence-electron chi connectivity index (χ3n) is 3.09. The summed E-state index contributed by atoms with van der Waals surface area (Å²) < 4.78 is 11.8. The molecule has 2 amide bonds. The van der Waals surface area contributed by atoms with Crippen molar-refractivity contribution in [2.45, 2.75) is 0 Å². The predicted octanol–water partition coefficient (Wildman–Crippen LogP) is 2.76. The summed E-state index contributed by atoms with van der Waals surface area (Å²) in [5, 5.41) is 0. The van der Waals surface area contributed by atoms with Crippen molar-refractivity contribution in [3.63, 3.8) is 0 Å². The molecule has 124 valence electrons. The first-order chi connectivity index (χ1) is 11.6. The van der Waals surface area contributed by atoms with Gasteiger partial charge >= 0.3 is 0 Å². The fourth-order valence-corrected chi connectivity index (χ4v) is 3.27. The van der Waals surface area contributed by atoms with E-state index in [9.17, 15) is 9.59 Å². The number of carbonyl (C=O) groups is 2. The summed E-state index contributed by atoms with van der Waals surface area (Å²) in [5.41, 5.74) is 5.48. The van der Waals surface area contributed by atoms with Crippen molar-refractivity contribution in [3.8, 4) is 11.5 Å². The van der Waals surface area contributed by atoms with Gasteiger partial charge in [0.25, 0.3) is 11.8 Å². The highest BCUT2D eigenvalue weighted by Crippen LogP contribution is 2.31. The van der Waals surface area contributed by atoms with E-state index in [1.807, 2.05) is 6.07 Å². The quantitative estimate of drug-likeness (QED) is 0.604. The predicted molar refractivity (Wildman–Crippen MR) is 94.1 cm³/mol. The lowest BCUT2D eigenvalue weighted by Crippen LogP contribution is -2.40. The number of amides is 2. The molecule has 2 N–H and O–H groups in total. The van der Waals surface area contributed by atoms with E-state index in [1.165, 1.54) is 17.4 Å². The fraction of sp³-hybridized carbons (Fsp3) is 0.125. The number of rotatable bonds is 3. The molecule has 8 heteroatoms. The maximum absolute atomic E-state index is 11.8. The molecule has 0 spiro atoms. The van der Waals surface area contributed by atoms with Gasteiger partial charge in [-0.2, -0.15) is 0 Å². The highest BCUT2D eigenvalue weighted by molar-refractivity contribution is 9.11. The maximum Gasteiger partial charge on any atom is 0.279 e. The lowest BCUT2D eigenvalue weighted by molar-refractivity contribution is -0.117. The molecule has 6 nitrogen and oxygen atoms in total. The summed E-state index contributed by atoms with van der Waals surface area (Å²) in [7, 11) is 0. The van der Waals surface area contributed by atoms with E-state index in [0.717, 1.165) is 9.35 Å². The summed E-state index contributed by atoms with van der Waals surface area (Å²) in [6, 6.07) is 8.84. The standard InChI is InChI=1S/C16H13BrN2O4S/c17-14-5-4-13(24-14)16(21)19-18-15(20)6-2-10-1-3-11-12(9-10)23-8-7-22-11/h1-6,9H,7-8H2,(H,18,20)(H,19,21). The molecule has 0 aliphatic carbocycles. The van der Waals surface area contributed by atoms with Gasteiger partial charge in [0.2, 0.25) is 0 Å². The zero-order valence-electron chi connectivity index (χ0n) is 12.4. The summed E-state index contributed by atoms with van der Waals surface area (Å²) >= 11 is 4.56. The van der Waals surface area contributed by atoms with Crippen LogP contribution in [-0.2, 0) is 4.79 Å². The largest absolute Gasteiger partial charge is 0.486 e. The molecule has 0 atom stereocenters. The van der Waals surface area contributed by atoms with Gasteiger partial charge in [-0.05, 0) is 51.8 Å². The normalized spacial score (nSPS) is 12.9. The van der Waals surface area contributed by atoms with Crippen LogP contribution in [0.5, 0.6) is 11.5 Å². The molecule has 0 fully saturated rings. The molecule has 0 bridgehead atoms. The van der Waals surface area contributed by atoms with Crippen LogP contribution in [0, 0.1) is 0 Å². The summed E-state index contributed by atoms with van der Waals surface area (Å²) in [6.45, 7) is 1.04. The van der Waals surface area contributed by atoms with Crippen LogP contribution in [0.2, 0.25) is 0 Å². The lowest BCUT2D eigenvalue weighted by atomic mass is 10.2. The summed E-state index contributed by atoms with van der Waals surface area (Å²) in [6.07, 6.45) is 2.96. The van der Waals surface area contributed by atoms with Gasteiger partial charge < -0.3 is 9.47 Å². The van der Waals surface area contributed by atoms with Crippen molar-refractivity contribution in [2.24, 2.45) is 0 Å². The molecule has 2 heterocycles. The Morgan fingerprint density at radius 3 is 2.62 bits per heavy atom. The number of hydrogen-bond donors (Lipinski definition) is 2. The van der Waals surface area contributed by atoms with E-state index in [-0.39, 0.29) is 5.91 Å². The van der Waals surface area contributed by atoms with Crippen LogP contribution < -0.4 is 20.3 Å². The van der Waals surface area contributed by atoms with Crippen LogP contribution in [0.15, 0.2) is 40.2 Å². The third-order valence-corrected chi connectivity index (χ3v) is 4.71. The van der Waals surface area contributed by atoms with Crippen LogP contribution in [0.3, 0.4) is 0 Å². The number of nitrogens with one attached hydrogen (secondary N) is 2. The number of hydrazine groups is 1. The van der Waals surface area contributed by atoms with Gasteiger partial charge in [0.05, 0.1) is 8.66 Å². The number of hydrogen-bond acceptors (Lipinski definition) is 5. The minimum absolute atomic E-state index is 0.369. The number of carbonyl (C=O) groups excluding carboxylic acids is 2. The van der Waals surface area contributed by atoms with Gasteiger partial charge in [-0.15, -0.1) is 11.3 Å². The van der Waals surface area contributed by atoms with Crippen molar-refractivity contribution >= 4 is 45.2 Å². The molecule has 24 heavy (non-hydrogen) atoms. The zero-order chi connectivity index (χ0) is 16.9. The minimum atomic E-state index is -0.436. The van der Waals surface area contributed by atoms with E-state index in [0.29, 0.717) is 29.6 Å². The SMILES string of the molecule is O=C(C=Cc1ccc2c(c1)OCCO2)NNC(=O)c1ccc(Br)s1. The van der Waals surface area contributed by atoms with Crippen molar-refractivity contribution in [3.05, 3.63) is 50.6 Å². The van der Waals surface area contributed by atoms with Gasteiger partial charge in [0.1, 0.15) is 13.2 Å². The van der Waals surface area contributed by atoms with Crippen molar-refractivity contribution < 1.29 is 19.1 Å². The second-order valence-corrected chi connectivity index (χ2v) is 7.25. The molecule has 1 aliphatic heterocycles. The van der Waals surface area contributed by atoms with Crippen LogP contribution in [0.4, 0.5) is 0 Å². The molecule has 0 unspecified atom stereocenters. The molecule has 2 aromatic rings. The van der Waals surface area contributed by atoms with E-state index >= 15 is 0 Å². The molecular formula is C16H13BrN2O4S. The molecule has 1 aromatic carbocycles. The van der Waals surface area contributed by atoms with Gasteiger partial charge in [0, 0.05) is 6.08 Å². The minimum Gasteiger partial charge on any atom is -0.486 e. The van der Waals surface area contributed by atoms with Gasteiger partial charge in [0.15, 0.2) is 11.5 Å². The van der Waals surface area contributed by atoms with Crippen molar-refractivity contribution in [1.82, 2.24) is 10.9 Å². The molecule has 0 radical (unpaired) electrons. The zero-order valence-corrected chi connectivity index (χ0v) is 14.8. The Bertz CT molecular complexity index is 803. The number of ether oxygens (including phenoxy) is 2. The third kappa shape index (κ3) is 4.15. The smallest absolute Gasteiger partial charge is 0.279 e. The number of benzene rings is 1. The van der Waals surface area contributed by atoms with Gasteiger partial charge in [-0.1, -0.05) is 6.07 Å². The first-order valence-corrected chi connectivity index (χ1v) is 8.66. The Hall–Kier alpha value is -2.32. The Morgan fingerprint density at radius 1 is 1.08 bits per heavy atom. The average molecular weight is 409 g/mol. The number of fused-ring (bicyclic) bond motifs is 1. The first-order valence-electron chi connectivity index (χ1n) is 7.05. The molecule has 1 aromatic heterocycles. The topological polar surface area (TPSA) is 76.7 Å².